The number of rotatable bonds is 8. The van der Waals surface area contributed by atoms with E-state index in [4.69, 9.17) is 0 Å². The molecule has 1 saturated heterocycles. The van der Waals surface area contributed by atoms with Gasteiger partial charge >= 0.3 is 0 Å². The second kappa shape index (κ2) is 9.71. The van der Waals surface area contributed by atoms with Gasteiger partial charge in [0.15, 0.2) is 0 Å². The fourth-order valence-electron chi connectivity index (χ4n) is 3.35. The molecular formula is C22H33N3O3. The first kappa shape index (κ1) is 21.9. The Morgan fingerprint density at radius 1 is 1.11 bits per heavy atom. The van der Waals surface area contributed by atoms with E-state index in [-0.39, 0.29) is 30.2 Å². The zero-order valence-corrected chi connectivity index (χ0v) is 17.6. The molecule has 4 unspecified atom stereocenters. The van der Waals surface area contributed by atoms with Crippen molar-refractivity contribution >= 4 is 23.4 Å². The van der Waals surface area contributed by atoms with Crippen LogP contribution in [-0.2, 0) is 14.4 Å². The highest BCUT2D eigenvalue weighted by atomic mass is 16.2. The maximum absolute atomic E-state index is 12.6. The van der Waals surface area contributed by atoms with Gasteiger partial charge in [0.05, 0.1) is 5.92 Å². The lowest BCUT2D eigenvalue weighted by Gasteiger charge is -2.23. The topological polar surface area (TPSA) is 78.5 Å². The van der Waals surface area contributed by atoms with Gasteiger partial charge in [-0.05, 0) is 44.2 Å². The van der Waals surface area contributed by atoms with E-state index in [0.717, 1.165) is 24.1 Å². The summed E-state index contributed by atoms with van der Waals surface area (Å²) in [7, 11) is 0. The summed E-state index contributed by atoms with van der Waals surface area (Å²) in [6.45, 7) is 10.2. The van der Waals surface area contributed by atoms with E-state index in [9.17, 15) is 14.4 Å². The maximum atomic E-state index is 12.6. The summed E-state index contributed by atoms with van der Waals surface area (Å²) < 4.78 is 0. The highest BCUT2D eigenvalue weighted by Crippen LogP contribution is 2.33. The van der Waals surface area contributed by atoms with Gasteiger partial charge < -0.3 is 15.5 Å². The zero-order valence-electron chi connectivity index (χ0n) is 17.6. The minimum absolute atomic E-state index is 0.0485. The Labute approximate surface area is 168 Å². The Morgan fingerprint density at radius 3 is 2.43 bits per heavy atom. The third kappa shape index (κ3) is 5.12. The number of carbonyl (C=O) groups is 3. The van der Waals surface area contributed by atoms with Crippen LogP contribution in [0.4, 0.5) is 5.69 Å². The number of benzene rings is 1. The molecule has 1 aromatic carbocycles. The molecular weight excluding hydrogens is 354 g/mol. The molecule has 0 radical (unpaired) electrons. The maximum Gasteiger partial charge on any atom is 0.242 e. The lowest BCUT2D eigenvalue weighted by atomic mass is 9.96. The van der Waals surface area contributed by atoms with Crippen LogP contribution in [0, 0.1) is 5.92 Å². The number of hydrogen-bond acceptors (Lipinski definition) is 3. The van der Waals surface area contributed by atoms with Crippen LogP contribution in [0.1, 0.15) is 65.4 Å². The second-order valence-corrected chi connectivity index (χ2v) is 7.82. The molecule has 0 bridgehead atoms. The molecule has 154 valence electrons. The van der Waals surface area contributed by atoms with E-state index in [1.54, 1.807) is 11.8 Å². The van der Waals surface area contributed by atoms with E-state index in [2.05, 4.69) is 24.5 Å². The van der Waals surface area contributed by atoms with Crippen molar-refractivity contribution in [3.05, 3.63) is 29.8 Å². The Kier molecular flexibility index (Phi) is 7.61. The summed E-state index contributed by atoms with van der Waals surface area (Å²) in [5.74, 6) is -0.611. The average molecular weight is 388 g/mol. The van der Waals surface area contributed by atoms with Crippen LogP contribution in [0.2, 0.25) is 0 Å². The predicted molar refractivity (Wildman–Crippen MR) is 111 cm³/mol. The van der Waals surface area contributed by atoms with E-state index >= 15 is 0 Å². The zero-order chi connectivity index (χ0) is 20.8. The van der Waals surface area contributed by atoms with Crippen molar-refractivity contribution in [1.82, 2.24) is 10.6 Å². The molecule has 0 spiro atoms. The molecule has 3 amide bonds. The van der Waals surface area contributed by atoms with Crippen LogP contribution in [-0.4, -0.2) is 36.3 Å². The van der Waals surface area contributed by atoms with Crippen molar-refractivity contribution in [1.29, 1.82) is 0 Å². The molecule has 1 aliphatic heterocycles. The SMILES string of the molecule is CCC(C)NC(=O)C(C)NC(=O)C1CC(=O)N(c2ccccc2C(C)CC)C1. The first-order valence-electron chi connectivity index (χ1n) is 10.3. The summed E-state index contributed by atoms with van der Waals surface area (Å²) in [6.07, 6.45) is 1.97. The van der Waals surface area contributed by atoms with Crippen molar-refractivity contribution in [2.24, 2.45) is 5.92 Å². The molecule has 0 aromatic heterocycles. The van der Waals surface area contributed by atoms with Crippen LogP contribution in [0.25, 0.3) is 0 Å². The second-order valence-electron chi connectivity index (χ2n) is 7.82. The molecule has 0 aliphatic carbocycles. The van der Waals surface area contributed by atoms with Crippen molar-refractivity contribution in [3.63, 3.8) is 0 Å². The highest BCUT2D eigenvalue weighted by molar-refractivity contribution is 6.01. The van der Waals surface area contributed by atoms with Gasteiger partial charge in [0, 0.05) is 24.7 Å². The molecule has 4 atom stereocenters. The Morgan fingerprint density at radius 2 is 1.79 bits per heavy atom. The molecule has 0 saturated carbocycles. The molecule has 1 aliphatic rings. The van der Waals surface area contributed by atoms with Gasteiger partial charge in [-0.2, -0.15) is 0 Å². The van der Waals surface area contributed by atoms with Gasteiger partial charge in [0.1, 0.15) is 6.04 Å². The minimum Gasteiger partial charge on any atom is -0.352 e. The smallest absolute Gasteiger partial charge is 0.242 e. The lowest BCUT2D eigenvalue weighted by molar-refractivity contribution is -0.131. The fraction of sp³-hybridized carbons (Fsp3) is 0.591. The Hall–Kier alpha value is -2.37. The summed E-state index contributed by atoms with van der Waals surface area (Å²) in [4.78, 5) is 39.1. The van der Waals surface area contributed by atoms with Gasteiger partial charge in [0.25, 0.3) is 0 Å². The third-order valence-corrected chi connectivity index (χ3v) is 5.62. The summed E-state index contributed by atoms with van der Waals surface area (Å²) in [6, 6.07) is 7.33. The van der Waals surface area contributed by atoms with E-state index in [1.165, 1.54) is 0 Å². The van der Waals surface area contributed by atoms with Gasteiger partial charge in [-0.1, -0.05) is 39.0 Å². The lowest BCUT2D eigenvalue weighted by Crippen LogP contribution is -2.49. The van der Waals surface area contributed by atoms with Crippen LogP contribution >= 0.6 is 0 Å². The van der Waals surface area contributed by atoms with E-state index in [1.807, 2.05) is 38.1 Å². The van der Waals surface area contributed by atoms with Crippen molar-refractivity contribution in [3.8, 4) is 0 Å². The Balaban J connectivity index is 2.05. The summed E-state index contributed by atoms with van der Waals surface area (Å²) >= 11 is 0. The molecule has 6 heteroatoms. The van der Waals surface area contributed by atoms with Crippen molar-refractivity contribution in [2.75, 3.05) is 11.4 Å². The number of hydrogen-bond donors (Lipinski definition) is 2. The monoisotopic (exact) mass is 387 g/mol. The van der Waals surface area contributed by atoms with Crippen LogP contribution in [0.5, 0.6) is 0 Å². The normalized spacial score (nSPS) is 19.8. The van der Waals surface area contributed by atoms with Gasteiger partial charge in [-0.3, -0.25) is 14.4 Å². The van der Waals surface area contributed by atoms with Crippen LogP contribution < -0.4 is 15.5 Å². The molecule has 1 aromatic rings. The largest absolute Gasteiger partial charge is 0.352 e. The van der Waals surface area contributed by atoms with Gasteiger partial charge in [0.2, 0.25) is 17.7 Å². The average Bonchev–Trinajstić information content (AvgIpc) is 3.08. The van der Waals surface area contributed by atoms with Crippen LogP contribution in [0.15, 0.2) is 24.3 Å². The summed E-state index contributed by atoms with van der Waals surface area (Å²) in [5.41, 5.74) is 2.01. The number of anilines is 1. The molecule has 1 heterocycles. The number of nitrogens with one attached hydrogen (secondary N) is 2. The third-order valence-electron chi connectivity index (χ3n) is 5.62. The molecule has 2 rings (SSSR count). The van der Waals surface area contributed by atoms with Crippen LogP contribution in [0.3, 0.4) is 0 Å². The molecule has 2 N–H and O–H groups in total. The van der Waals surface area contributed by atoms with Gasteiger partial charge in [-0.25, -0.2) is 0 Å². The summed E-state index contributed by atoms with van der Waals surface area (Å²) in [5, 5.41) is 5.63. The molecule has 1 fully saturated rings. The molecule has 28 heavy (non-hydrogen) atoms. The Bertz CT molecular complexity index is 719. The van der Waals surface area contributed by atoms with E-state index < -0.39 is 12.0 Å². The fourth-order valence-corrected chi connectivity index (χ4v) is 3.35. The van der Waals surface area contributed by atoms with Crippen molar-refractivity contribution in [2.45, 2.75) is 71.9 Å². The van der Waals surface area contributed by atoms with E-state index in [0.29, 0.717) is 12.5 Å². The quantitative estimate of drug-likeness (QED) is 0.720. The number of carbonyl (C=O) groups excluding carboxylic acids is 3. The first-order chi connectivity index (χ1) is 13.3. The number of para-hydroxylation sites is 1. The minimum atomic E-state index is -0.627. The molecule has 6 nitrogen and oxygen atoms in total. The van der Waals surface area contributed by atoms with Crippen molar-refractivity contribution < 1.29 is 14.4 Å². The highest BCUT2D eigenvalue weighted by Gasteiger charge is 2.37. The number of amides is 3. The predicted octanol–water partition coefficient (Wildman–Crippen LogP) is 2.97. The van der Waals surface area contributed by atoms with Gasteiger partial charge in [-0.15, -0.1) is 0 Å². The number of nitrogens with zero attached hydrogens (tertiary/aromatic N) is 1. The first-order valence-corrected chi connectivity index (χ1v) is 10.3. The standard InChI is InChI=1S/C22H33N3O3/c1-6-14(3)18-10-8-9-11-19(18)25-13-17(12-20(25)26)22(28)24-16(5)21(27)23-15(4)7-2/h8-11,14-17H,6-7,12-13H2,1-5H3,(H,23,27)(H,24,28).